The van der Waals surface area contributed by atoms with Crippen molar-refractivity contribution in [1.82, 2.24) is 0 Å². The first kappa shape index (κ1) is 12.0. The Morgan fingerprint density at radius 3 is 1.65 bits per heavy atom. The van der Waals surface area contributed by atoms with E-state index >= 15 is 0 Å². The van der Waals surface area contributed by atoms with Gasteiger partial charge in [0.2, 0.25) is 0 Å². The van der Waals surface area contributed by atoms with E-state index in [0.29, 0.717) is 5.38 Å². The van der Waals surface area contributed by atoms with Crippen molar-refractivity contribution in [3.05, 3.63) is 0 Å². The van der Waals surface area contributed by atoms with Crippen molar-refractivity contribution < 1.29 is 0 Å². The largest absolute Gasteiger partial charge is 0.123 e. The van der Waals surface area contributed by atoms with Crippen LogP contribution in [0.25, 0.3) is 0 Å². The maximum atomic E-state index is 6.07. The molecule has 96 valence electrons. The standard InChI is InChI=1S/C7H10BrCl.C7H9Br/c8-7-4-1-2-5(7)6(9)3-4;8-7-3-1-4-5(2-3)6(4)7/h4-7H,1-3H2;3-7H,1-2H2. The Balaban J connectivity index is 0.0000000944. The molecule has 0 saturated heterocycles. The van der Waals surface area contributed by atoms with Crippen LogP contribution in [0.3, 0.4) is 0 Å². The smallest absolute Gasteiger partial charge is 0.0378 e. The minimum atomic E-state index is 0.480. The molecular weight excluding hydrogens is 363 g/mol. The van der Waals surface area contributed by atoms with Crippen LogP contribution in [0, 0.1) is 35.5 Å². The van der Waals surface area contributed by atoms with Crippen molar-refractivity contribution in [2.45, 2.75) is 47.1 Å². The summed E-state index contributed by atoms with van der Waals surface area (Å²) in [6.07, 6.45) is 7.14. The second-order valence-electron chi connectivity index (χ2n) is 6.78. The molecule has 0 heterocycles. The Kier molecular flexibility index (Phi) is 2.91. The maximum Gasteiger partial charge on any atom is 0.0378 e. The highest BCUT2D eigenvalue weighted by molar-refractivity contribution is 9.09. The van der Waals surface area contributed by atoms with E-state index in [2.05, 4.69) is 31.9 Å². The summed E-state index contributed by atoms with van der Waals surface area (Å²) in [5.41, 5.74) is 0. The van der Waals surface area contributed by atoms with E-state index < -0.39 is 0 Å². The van der Waals surface area contributed by atoms with Gasteiger partial charge in [-0.15, -0.1) is 11.6 Å². The SMILES string of the molecule is BrC1C2CC3C(C2)C13.ClC1CC2CCC1C2Br. The van der Waals surface area contributed by atoms with Crippen LogP contribution in [0.5, 0.6) is 0 Å². The third kappa shape index (κ3) is 1.72. The lowest BCUT2D eigenvalue weighted by atomic mass is 10.0. The maximum absolute atomic E-state index is 6.07. The van der Waals surface area contributed by atoms with Gasteiger partial charge < -0.3 is 0 Å². The fourth-order valence-corrected chi connectivity index (χ4v) is 8.16. The van der Waals surface area contributed by atoms with Gasteiger partial charge in [0.1, 0.15) is 0 Å². The topological polar surface area (TPSA) is 0 Å². The molecule has 0 aromatic rings. The molecule has 6 bridgehead atoms. The molecule has 6 saturated carbocycles. The number of hydrogen-bond donors (Lipinski definition) is 0. The Bertz CT molecular complexity index is 320. The van der Waals surface area contributed by atoms with Gasteiger partial charge in [0.15, 0.2) is 0 Å². The molecule has 7 unspecified atom stereocenters. The molecule has 0 nitrogen and oxygen atoms in total. The Morgan fingerprint density at radius 1 is 0.765 bits per heavy atom. The molecule has 3 heteroatoms. The van der Waals surface area contributed by atoms with E-state index in [1.165, 1.54) is 31.1 Å². The highest BCUT2D eigenvalue weighted by Gasteiger charge is 2.67. The van der Waals surface area contributed by atoms with Gasteiger partial charge in [0.05, 0.1) is 0 Å². The summed E-state index contributed by atoms with van der Waals surface area (Å²) >= 11 is 13.5. The van der Waals surface area contributed by atoms with Crippen molar-refractivity contribution in [1.29, 1.82) is 0 Å². The van der Waals surface area contributed by atoms with E-state index in [0.717, 1.165) is 33.3 Å². The van der Waals surface area contributed by atoms with Crippen molar-refractivity contribution >= 4 is 43.5 Å². The Hall–Kier alpha value is 1.25. The Labute approximate surface area is 125 Å². The van der Waals surface area contributed by atoms with Crippen LogP contribution < -0.4 is 0 Å². The third-order valence-electron chi connectivity index (χ3n) is 6.09. The van der Waals surface area contributed by atoms with Crippen molar-refractivity contribution in [3.8, 4) is 0 Å². The molecule has 7 atom stereocenters. The molecule has 0 spiro atoms. The fraction of sp³-hybridized carbons (Fsp3) is 1.00. The second kappa shape index (κ2) is 4.12. The number of alkyl halides is 3. The van der Waals surface area contributed by atoms with Gasteiger partial charge >= 0.3 is 0 Å². The minimum absolute atomic E-state index is 0.480. The predicted molar refractivity (Wildman–Crippen MR) is 79.1 cm³/mol. The molecule has 0 aromatic heterocycles. The van der Waals surface area contributed by atoms with Crippen LogP contribution in [0.15, 0.2) is 0 Å². The van der Waals surface area contributed by atoms with Crippen LogP contribution in [0.4, 0.5) is 0 Å². The zero-order valence-corrected chi connectivity index (χ0v) is 13.8. The van der Waals surface area contributed by atoms with Gasteiger partial charge in [-0.3, -0.25) is 0 Å². The number of hydrogen-bond acceptors (Lipinski definition) is 0. The van der Waals surface area contributed by atoms with Gasteiger partial charge in [-0.25, -0.2) is 0 Å². The summed E-state index contributed by atoms with van der Waals surface area (Å²) in [7, 11) is 0. The van der Waals surface area contributed by atoms with E-state index in [4.69, 9.17) is 11.6 Å². The first-order chi connectivity index (χ1) is 8.16. The molecule has 0 amide bonds. The minimum Gasteiger partial charge on any atom is -0.123 e. The van der Waals surface area contributed by atoms with Crippen molar-refractivity contribution in [3.63, 3.8) is 0 Å². The lowest BCUT2D eigenvalue weighted by Gasteiger charge is -2.13. The molecule has 17 heavy (non-hydrogen) atoms. The van der Waals surface area contributed by atoms with E-state index in [-0.39, 0.29) is 0 Å². The second-order valence-corrected chi connectivity index (χ2v) is 9.45. The lowest BCUT2D eigenvalue weighted by molar-refractivity contribution is 0.487. The molecule has 6 rings (SSSR count). The average Bonchev–Trinajstić information content (AvgIpc) is 2.82. The quantitative estimate of drug-likeness (QED) is 0.527. The number of rotatable bonds is 0. The number of fused-ring (bicyclic) bond motifs is 2. The summed E-state index contributed by atoms with van der Waals surface area (Å²) in [5.74, 6) is 6.29. The van der Waals surface area contributed by atoms with E-state index in [1.54, 1.807) is 12.8 Å². The normalized spacial score (nSPS) is 64.8. The van der Waals surface area contributed by atoms with Crippen molar-refractivity contribution in [2.75, 3.05) is 0 Å². The van der Waals surface area contributed by atoms with Gasteiger partial charge in [-0.1, -0.05) is 31.9 Å². The Morgan fingerprint density at radius 2 is 1.47 bits per heavy atom. The van der Waals surface area contributed by atoms with Crippen molar-refractivity contribution in [2.24, 2.45) is 35.5 Å². The van der Waals surface area contributed by atoms with Crippen LogP contribution in [-0.2, 0) is 0 Å². The van der Waals surface area contributed by atoms with Crippen LogP contribution in [0.1, 0.15) is 32.1 Å². The molecule has 6 fully saturated rings. The first-order valence-electron chi connectivity index (χ1n) is 7.09. The zero-order chi connectivity index (χ0) is 11.7. The fourth-order valence-electron chi connectivity index (χ4n) is 5.15. The first-order valence-corrected chi connectivity index (χ1v) is 9.36. The molecule has 0 aromatic carbocycles. The van der Waals surface area contributed by atoms with Gasteiger partial charge in [0.25, 0.3) is 0 Å². The van der Waals surface area contributed by atoms with Gasteiger partial charge in [-0.05, 0) is 67.6 Å². The molecule has 6 aliphatic rings. The third-order valence-corrected chi connectivity index (χ3v) is 9.37. The van der Waals surface area contributed by atoms with Crippen LogP contribution in [0.2, 0.25) is 0 Å². The monoisotopic (exact) mass is 380 g/mol. The van der Waals surface area contributed by atoms with Gasteiger partial charge in [-0.2, -0.15) is 0 Å². The van der Waals surface area contributed by atoms with Gasteiger partial charge in [0, 0.05) is 15.0 Å². The molecule has 0 N–H and O–H groups in total. The molecule has 0 aliphatic heterocycles. The molecule has 0 radical (unpaired) electrons. The van der Waals surface area contributed by atoms with E-state index in [1.807, 2.05) is 0 Å². The average molecular weight is 383 g/mol. The van der Waals surface area contributed by atoms with Crippen LogP contribution in [-0.4, -0.2) is 15.0 Å². The number of halogens is 3. The predicted octanol–water partition coefficient (Wildman–Crippen LogP) is 4.82. The summed E-state index contributed by atoms with van der Waals surface area (Å²) in [6, 6.07) is 0. The lowest BCUT2D eigenvalue weighted by Crippen LogP contribution is -2.10. The zero-order valence-electron chi connectivity index (χ0n) is 9.87. The van der Waals surface area contributed by atoms with E-state index in [9.17, 15) is 0 Å². The summed E-state index contributed by atoms with van der Waals surface area (Å²) < 4.78 is 0. The summed E-state index contributed by atoms with van der Waals surface area (Å²) in [6.45, 7) is 0. The van der Waals surface area contributed by atoms with Crippen LogP contribution >= 0.6 is 43.5 Å². The highest BCUT2D eigenvalue weighted by atomic mass is 79.9. The summed E-state index contributed by atoms with van der Waals surface area (Å²) in [5, 5.41) is 0.480. The summed E-state index contributed by atoms with van der Waals surface area (Å²) in [4.78, 5) is 1.69. The molecular formula is C14H19Br2Cl. The molecule has 6 aliphatic carbocycles. The highest BCUT2D eigenvalue weighted by Crippen LogP contribution is 2.72.